The van der Waals surface area contributed by atoms with Gasteiger partial charge in [-0.1, -0.05) is 12.1 Å². The van der Waals surface area contributed by atoms with Gasteiger partial charge in [0.2, 0.25) is 0 Å². The third-order valence-electron chi connectivity index (χ3n) is 1.33. The summed E-state index contributed by atoms with van der Waals surface area (Å²) in [4.78, 5) is 0. The Morgan fingerprint density at radius 2 is 1.85 bits per heavy atom. The Hall–Kier alpha value is -0.833. The summed E-state index contributed by atoms with van der Waals surface area (Å²) in [7, 11) is 0. The molecule has 0 heterocycles. The van der Waals surface area contributed by atoms with Crippen LogP contribution in [-0.4, -0.2) is 0 Å². The van der Waals surface area contributed by atoms with Crippen molar-refractivity contribution in [2.75, 3.05) is 0 Å². The van der Waals surface area contributed by atoms with E-state index in [0.29, 0.717) is 0 Å². The molecule has 0 saturated heterocycles. The zero-order valence-electron chi connectivity index (χ0n) is 6.94. The molecule has 0 aliphatic rings. The van der Waals surface area contributed by atoms with E-state index in [-0.39, 0.29) is 24.4 Å². The number of rotatable bonds is 0. The molecule has 4 heteroatoms. The van der Waals surface area contributed by atoms with Crippen LogP contribution in [0.3, 0.4) is 0 Å². The van der Waals surface area contributed by atoms with Gasteiger partial charge in [-0.25, -0.2) is 0 Å². The van der Waals surface area contributed by atoms with Gasteiger partial charge in [0.15, 0.2) is 0 Å². The third-order valence-corrected chi connectivity index (χ3v) is 1.33. The fourth-order valence-electron chi connectivity index (χ4n) is 0.773. The van der Waals surface area contributed by atoms with Gasteiger partial charge in [-0.2, -0.15) is 13.2 Å². The van der Waals surface area contributed by atoms with Crippen molar-refractivity contribution < 1.29 is 32.0 Å². The minimum absolute atomic E-state index is 0. The summed E-state index contributed by atoms with van der Waals surface area (Å²) in [6.45, 7) is 0. The first-order valence-electron chi connectivity index (χ1n) is 3.14. The second kappa shape index (κ2) is 4.42. The molecule has 0 amide bonds. The van der Waals surface area contributed by atoms with Crippen LogP contribution in [0.4, 0.5) is 13.2 Å². The molecule has 62 valence electrons. The quantitative estimate of drug-likeness (QED) is 0.288. The molecule has 0 nitrogen and oxygen atoms in total. The third kappa shape index (κ3) is 3.18. The van der Waals surface area contributed by atoms with E-state index in [4.69, 9.17) is 6.42 Å². The molecule has 0 aliphatic heterocycles. The van der Waals surface area contributed by atoms with Crippen molar-refractivity contribution in [2.45, 2.75) is 6.18 Å². The zero-order valence-corrected chi connectivity index (χ0v) is 6.94. The predicted molar refractivity (Wildman–Crippen MR) is 37.7 cm³/mol. The molecule has 1 aromatic carbocycles. The summed E-state index contributed by atoms with van der Waals surface area (Å²) in [6, 6.07) is 4.48. The fourth-order valence-corrected chi connectivity index (χ4v) is 0.773. The monoisotopic (exact) mass is 176 g/mol. The number of halogens is 3. The van der Waals surface area contributed by atoms with Crippen LogP contribution in [0.2, 0.25) is 0 Å². The molecule has 0 aromatic heterocycles. The summed E-state index contributed by atoms with van der Waals surface area (Å²) < 4.78 is 36.0. The minimum Gasteiger partial charge on any atom is -0.366 e. The molecule has 0 spiro atoms. The van der Waals surface area contributed by atoms with Crippen LogP contribution >= 0.6 is 0 Å². The SMILES string of the molecule is [C-]#Cc1cccc(C(F)(F)F)c1.[Li+]. The summed E-state index contributed by atoms with van der Waals surface area (Å²) in [5.41, 5.74) is -0.621. The Bertz CT molecular complexity index is 322. The van der Waals surface area contributed by atoms with E-state index in [9.17, 15) is 13.2 Å². The van der Waals surface area contributed by atoms with E-state index < -0.39 is 11.7 Å². The smallest absolute Gasteiger partial charge is 0.366 e. The fraction of sp³-hybridized carbons (Fsp3) is 0.111. The van der Waals surface area contributed by atoms with Gasteiger partial charge < -0.3 is 6.42 Å². The Kier molecular flexibility index (Phi) is 4.13. The first kappa shape index (κ1) is 12.2. The second-order valence-corrected chi connectivity index (χ2v) is 2.20. The molecule has 0 atom stereocenters. The molecule has 0 fully saturated rings. The van der Waals surface area contributed by atoms with Crippen LogP contribution in [0.5, 0.6) is 0 Å². The van der Waals surface area contributed by atoms with Gasteiger partial charge in [0.1, 0.15) is 0 Å². The molecule has 0 aliphatic carbocycles. The molecule has 0 radical (unpaired) electrons. The second-order valence-electron chi connectivity index (χ2n) is 2.20. The topological polar surface area (TPSA) is 0 Å². The van der Waals surface area contributed by atoms with Crippen molar-refractivity contribution in [1.29, 1.82) is 0 Å². The van der Waals surface area contributed by atoms with Gasteiger partial charge in [-0.3, -0.25) is 5.92 Å². The molecule has 0 unspecified atom stereocenters. The van der Waals surface area contributed by atoms with E-state index in [2.05, 4.69) is 0 Å². The molecule has 1 rings (SSSR count). The van der Waals surface area contributed by atoms with Gasteiger partial charge in [0, 0.05) is 5.56 Å². The van der Waals surface area contributed by atoms with Crippen molar-refractivity contribution >= 4 is 0 Å². The maximum Gasteiger partial charge on any atom is 1.00 e. The van der Waals surface area contributed by atoms with Crippen molar-refractivity contribution in [3.8, 4) is 5.92 Å². The average Bonchev–Trinajstić information content (AvgIpc) is 2.03. The van der Waals surface area contributed by atoms with Gasteiger partial charge >= 0.3 is 25.0 Å². The van der Waals surface area contributed by atoms with E-state index >= 15 is 0 Å². The first-order valence-corrected chi connectivity index (χ1v) is 3.14. The molecule has 0 N–H and O–H groups in total. The Morgan fingerprint density at radius 1 is 1.23 bits per heavy atom. The van der Waals surface area contributed by atoms with E-state index in [1.54, 1.807) is 0 Å². The van der Waals surface area contributed by atoms with Crippen LogP contribution in [-0.2, 0) is 6.18 Å². The Balaban J connectivity index is 0.00000144. The van der Waals surface area contributed by atoms with Gasteiger partial charge in [0.25, 0.3) is 0 Å². The molecular formula is C9H4F3Li. The molecule has 1 aromatic rings. The molecule has 0 saturated carbocycles. The van der Waals surface area contributed by atoms with Gasteiger partial charge in [-0.05, 0) is 0 Å². The first-order chi connectivity index (χ1) is 5.54. The zero-order chi connectivity index (χ0) is 9.19. The Labute approximate surface area is 86.3 Å². The van der Waals surface area contributed by atoms with E-state index in [1.165, 1.54) is 12.1 Å². The summed E-state index contributed by atoms with van der Waals surface area (Å²) >= 11 is 0. The van der Waals surface area contributed by atoms with Crippen LogP contribution in [0.15, 0.2) is 24.3 Å². The van der Waals surface area contributed by atoms with E-state index in [1.807, 2.05) is 5.92 Å². The number of hydrogen-bond donors (Lipinski definition) is 0. The van der Waals surface area contributed by atoms with Crippen molar-refractivity contribution in [3.05, 3.63) is 41.8 Å². The molecule has 13 heavy (non-hydrogen) atoms. The standard InChI is InChI=1S/C9H4F3.Li/c1-2-7-4-3-5-8(6-7)9(10,11)12;/h3-6H;/q-1;+1. The van der Waals surface area contributed by atoms with Gasteiger partial charge in [-0.15, -0.1) is 17.7 Å². The average molecular weight is 176 g/mol. The largest absolute Gasteiger partial charge is 1.00 e. The normalized spacial score (nSPS) is 10.0. The van der Waals surface area contributed by atoms with Gasteiger partial charge in [0.05, 0.1) is 0 Å². The van der Waals surface area contributed by atoms with Crippen LogP contribution in [0.25, 0.3) is 0 Å². The molecule has 0 bridgehead atoms. The predicted octanol–water partition coefficient (Wildman–Crippen LogP) is -0.353. The number of alkyl halides is 3. The number of hydrogen-bond acceptors (Lipinski definition) is 0. The summed E-state index contributed by atoms with van der Waals surface area (Å²) in [5.74, 6) is 1.89. The van der Waals surface area contributed by atoms with Crippen LogP contribution in [0, 0.1) is 12.3 Å². The summed E-state index contributed by atoms with van der Waals surface area (Å²) in [5, 5.41) is 0. The maximum atomic E-state index is 12.0. The van der Waals surface area contributed by atoms with E-state index in [0.717, 1.165) is 12.1 Å². The number of benzene rings is 1. The minimum atomic E-state index is -4.34. The van der Waals surface area contributed by atoms with Crippen LogP contribution in [0.1, 0.15) is 11.1 Å². The summed E-state index contributed by atoms with van der Waals surface area (Å²) in [6.07, 6.45) is 2.29. The van der Waals surface area contributed by atoms with Crippen LogP contribution < -0.4 is 18.9 Å². The van der Waals surface area contributed by atoms with Crippen molar-refractivity contribution in [1.82, 2.24) is 0 Å². The maximum absolute atomic E-state index is 12.0. The Morgan fingerprint density at radius 3 is 2.31 bits per heavy atom. The van der Waals surface area contributed by atoms with Crippen molar-refractivity contribution in [2.24, 2.45) is 0 Å². The molecular weight excluding hydrogens is 172 g/mol. The van der Waals surface area contributed by atoms with Crippen molar-refractivity contribution in [3.63, 3.8) is 0 Å².